The van der Waals surface area contributed by atoms with E-state index in [4.69, 9.17) is 30.5 Å². The van der Waals surface area contributed by atoms with Gasteiger partial charge in [-0.3, -0.25) is 14.3 Å². The first-order chi connectivity index (χ1) is 26.5. The predicted octanol–water partition coefficient (Wildman–Crippen LogP) is 6.78. The molecule has 1 unspecified atom stereocenters. The van der Waals surface area contributed by atoms with Gasteiger partial charge in [0.1, 0.15) is 21.2 Å². The Bertz CT molecular complexity index is 2140. The number of nitrogens with zero attached hydrogens (tertiary/aromatic N) is 3. The molecule has 2 bridgehead atoms. The highest BCUT2D eigenvalue weighted by Crippen LogP contribution is 2.47. The number of halogens is 1. The molecule has 55 heavy (non-hydrogen) atoms. The van der Waals surface area contributed by atoms with E-state index in [1.165, 1.54) is 18.2 Å². The van der Waals surface area contributed by atoms with Crippen molar-refractivity contribution in [1.29, 1.82) is 0 Å². The summed E-state index contributed by atoms with van der Waals surface area (Å²) in [5.41, 5.74) is 4.43. The number of aryl methyl sites for hydroxylation is 1. The zero-order valence-corrected chi connectivity index (χ0v) is 33.6. The van der Waals surface area contributed by atoms with E-state index in [9.17, 15) is 13.8 Å². The fraction of sp³-hybridized carbons (Fsp3) is 0.524. The SMILES string of the molecule is COc1c(C(=O)NS2(=O)=NC(=O)c3ccc4c(c3)N(C[C@@H]3CC[C@H]3[C@@H](OC)/C=C/C[C@H](C)C2)C[C@@]2(CCCc3cc(Cl)ccc32)CO4)cn2c1C[C@@H](OC)C2. The monoisotopic (exact) mass is 790 g/mol. The van der Waals surface area contributed by atoms with Crippen LogP contribution in [-0.2, 0) is 44.2 Å². The molecule has 2 amide bonds. The number of carbonyl (C=O) groups excluding carboxylic acids is 2. The van der Waals surface area contributed by atoms with Crippen molar-refractivity contribution in [2.24, 2.45) is 22.1 Å². The lowest BCUT2D eigenvalue weighted by Gasteiger charge is -2.46. The zero-order valence-electron chi connectivity index (χ0n) is 32.1. The summed E-state index contributed by atoms with van der Waals surface area (Å²) in [5.74, 6) is 0.343. The third-order valence-electron chi connectivity index (χ3n) is 12.5. The van der Waals surface area contributed by atoms with E-state index >= 15 is 0 Å². The van der Waals surface area contributed by atoms with Crippen LogP contribution in [0.3, 0.4) is 0 Å². The van der Waals surface area contributed by atoms with E-state index in [1.54, 1.807) is 26.5 Å². The van der Waals surface area contributed by atoms with Crippen molar-refractivity contribution >= 4 is 39.0 Å². The van der Waals surface area contributed by atoms with Crippen molar-refractivity contribution in [2.75, 3.05) is 51.7 Å². The molecule has 5 aliphatic rings. The summed E-state index contributed by atoms with van der Waals surface area (Å²) in [7, 11) is 1.32. The molecule has 2 aromatic carbocycles. The number of anilines is 1. The number of allylic oxidation sites excluding steroid dienone is 1. The number of benzene rings is 2. The molecule has 13 heteroatoms. The Hall–Kier alpha value is -3.84. The summed E-state index contributed by atoms with van der Waals surface area (Å²) in [6.07, 6.45) is 12.1. The topological polar surface area (TPSA) is 121 Å². The maximum Gasteiger partial charge on any atom is 0.286 e. The van der Waals surface area contributed by atoms with Crippen LogP contribution in [0.2, 0.25) is 5.02 Å². The molecular formula is C42H51ClN4O7S. The van der Waals surface area contributed by atoms with E-state index in [-0.39, 0.29) is 40.4 Å². The zero-order chi connectivity index (χ0) is 38.5. The molecule has 0 saturated heterocycles. The largest absolute Gasteiger partial charge is 0.494 e. The second-order valence-corrected chi connectivity index (χ2v) is 18.6. The molecule has 11 nitrogen and oxygen atoms in total. The van der Waals surface area contributed by atoms with Crippen molar-refractivity contribution in [3.8, 4) is 11.5 Å². The number of fused-ring (bicyclic) bond motifs is 5. The van der Waals surface area contributed by atoms with Crippen LogP contribution in [0.25, 0.3) is 0 Å². The van der Waals surface area contributed by atoms with Gasteiger partial charge in [-0.25, -0.2) is 4.21 Å². The summed E-state index contributed by atoms with van der Waals surface area (Å²) >= 11 is 6.48. The average Bonchev–Trinajstić information content (AvgIpc) is 3.67. The van der Waals surface area contributed by atoms with Crippen molar-refractivity contribution < 1.29 is 32.7 Å². The third-order valence-corrected chi connectivity index (χ3v) is 14.7. The highest BCUT2D eigenvalue weighted by molar-refractivity contribution is 7.92. The van der Waals surface area contributed by atoms with Gasteiger partial charge < -0.3 is 28.4 Å². The Morgan fingerprint density at radius 3 is 2.73 bits per heavy atom. The molecule has 7 atom stereocenters. The first kappa shape index (κ1) is 38.1. The first-order valence-electron chi connectivity index (χ1n) is 19.4. The summed E-state index contributed by atoms with van der Waals surface area (Å²) in [5, 5.41) is 0.736. The Morgan fingerprint density at radius 2 is 1.96 bits per heavy atom. The molecule has 1 fully saturated rings. The minimum Gasteiger partial charge on any atom is -0.494 e. The molecular weight excluding hydrogens is 740 g/mol. The number of rotatable bonds is 5. The Morgan fingerprint density at radius 1 is 1.11 bits per heavy atom. The number of amides is 2. The van der Waals surface area contributed by atoms with Crippen LogP contribution in [-0.4, -0.2) is 79.6 Å². The molecule has 8 rings (SSSR count). The highest BCUT2D eigenvalue weighted by Gasteiger charge is 2.44. The van der Waals surface area contributed by atoms with Crippen molar-refractivity contribution in [3.05, 3.63) is 87.7 Å². The molecule has 3 aromatic rings. The Balaban J connectivity index is 1.18. The van der Waals surface area contributed by atoms with Gasteiger partial charge in [-0.2, -0.15) is 0 Å². The fourth-order valence-electron chi connectivity index (χ4n) is 9.57. The molecule has 0 radical (unpaired) electrons. The Kier molecular flexibility index (Phi) is 10.6. The quantitative estimate of drug-likeness (QED) is 0.281. The van der Waals surface area contributed by atoms with Gasteiger partial charge in [0.2, 0.25) is 0 Å². The molecule has 2 aliphatic carbocycles. The number of ether oxygens (including phenoxy) is 4. The fourth-order valence-corrected chi connectivity index (χ4v) is 11.6. The lowest BCUT2D eigenvalue weighted by Crippen LogP contribution is -2.49. The van der Waals surface area contributed by atoms with Crippen LogP contribution in [0.4, 0.5) is 5.69 Å². The summed E-state index contributed by atoms with van der Waals surface area (Å²) in [6, 6.07) is 11.6. The maximum atomic E-state index is 14.8. The van der Waals surface area contributed by atoms with Crippen LogP contribution in [0.1, 0.15) is 76.6 Å². The molecule has 1 saturated carbocycles. The van der Waals surface area contributed by atoms with Gasteiger partial charge in [-0.05, 0) is 97.7 Å². The molecule has 3 aliphatic heterocycles. The molecule has 1 N–H and O–H groups in total. The van der Waals surface area contributed by atoms with Gasteiger partial charge in [0.05, 0.1) is 43.1 Å². The van der Waals surface area contributed by atoms with E-state index in [0.717, 1.165) is 55.1 Å². The van der Waals surface area contributed by atoms with Gasteiger partial charge in [-0.1, -0.05) is 36.7 Å². The number of aromatic nitrogens is 1. The Labute approximate surface area is 329 Å². The molecule has 294 valence electrons. The van der Waals surface area contributed by atoms with Crippen LogP contribution >= 0.6 is 11.6 Å². The molecule has 1 spiro atoms. The normalized spacial score (nSPS) is 30.8. The predicted molar refractivity (Wildman–Crippen MR) is 213 cm³/mol. The standard InChI is InChI=1S/C42H51ClN4O7S/c1-26-7-5-9-37(52-3)32-13-10-29(32)20-47-24-42(16-6-8-27-17-30(43)12-14-34(27)42)25-54-38-15-11-28(18-35(38)47)40(48)44-55(50,23-26)45-41(49)33-22-46-21-31(51-2)19-36(46)39(33)53-4/h5,9,11-12,14-15,17-18,22,26,29,31-32,37H,6-8,10,13,16,19-21,23-25H2,1-4H3,(H,44,45,48,49,50)/b9-5+/t26-,29-,31+,32+,37-,42-,55?/m0/s1. The lowest BCUT2D eigenvalue weighted by atomic mass is 9.68. The minimum absolute atomic E-state index is 0.0216. The van der Waals surface area contributed by atoms with E-state index in [1.807, 2.05) is 29.7 Å². The van der Waals surface area contributed by atoms with Crippen LogP contribution in [0, 0.1) is 17.8 Å². The lowest BCUT2D eigenvalue weighted by molar-refractivity contribution is 0.0131. The number of hydrogen-bond donors (Lipinski definition) is 1. The average molecular weight is 791 g/mol. The van der Waals surface area contributed by atoms with Crippen molar-refractivity contribution in [3.63, 3.8) is 0 Å². The van der Waals surface area contributed by atoms with E-state index in [0.29, 0.717) is 55.9 Å². The minimum atomic E-state index is -3.61. The summed E-state index contributed by atoms with van der Waals surface area (Å²) in [4.78, 5) is 30.5. The number of nitrogens with one attached hydrogen (secondary N) is 1. The van der Waals surface area contributed by atoms with Crippen LogP contribution < -0.4 is 19.1 Å². The summed E-state index contributed by atoms with van der Waals surface area (Å²) < 4.78 is 47.8. The van der Waals surface area contributed by atoms with Gasteiger partial charge >= 0.3 is 0 Å². The van der Waals surface area contributed by atoms with Gasteiger partial charge in [-0.15, -0.1) is 4.36 Å². The second kappa shape index (κ2) is 15.2. The van der Waals surface area contributed by atoms with Gasteiger partial charge in [0, 0.05) is 62.5 Å². The second-order valence-electron chi connectivity index (χ2n) is 16.1. The van der Waals surface area contributed by atoms with E-state index in [2.05, 4.69) is 38.3 Å². The number of hydrogen-bond acceptors (Lipinski definition) is 8. The van der Waals surface area contributed by atoms with Crippen molar-refractivity contribution in [2.45, 2.75) is 76.0 Å². The van der Waals surface area contributed by atoms with Crippen LogP contribution in [0.15, 0.2) is 59.1 Å². The first-order valence-corrected chi connectivity index (χ1v) is 21.5. The molecule has 1 aromatic heterocycles. The number of methoxy groups -OCH3 is 3. The van der Waals surface area contributed by atoms with E-state index < -0.39 is 21.7 Å². The number of carbonyl (C=O) groups is 2. The van der Waals surface area contributed by atoms with Crippen molar-refractivity contribution in [1.82, 2.24) is 9.29 Å². The smallest absolute Gasteiger partial charge is 0.286 e. The van der Waals surface area contributed by atoms with Gasteiger partial charge in [0.15, 0.2) is 5.75 Å². The molecule has 4 heterocycles. The summed E-state index contributed by atoms with van der Waals surface area (Å²) in [6.45, 7) is 4.50. The highest BCUT2D eigenvalue weighted by atomic mass is 35.5. The van der Waals surface area contributed by atoms with Crippen LogP contribution in [0.5, 0.6) is 11.5 Å². The third kappa shape index (κ3) is 7.31. The van der Waals surface area contributed by atoms with Gasteiger partial charge in [0.25, 0.3) is 11.8 Å². The maximum absolute atomic E-state index is 14.8.